The van der Waals surface area contributed by atoms with E-state index in [1.165, 1.54) is 6.26 Å². The van der Waals surface area contributed by atoms with Crippen LogP contribution in [0.15, 0.2) is 28.9 Å². The summed E-state index contributed by atoms with van der Waals surface area (Å²) in [6.07, 6.45) is 1.47. The van der Waals surface area contributed by atoms with Crippen molar-refractivity contribution in [1.82, 2.24) is 14.9 Å². The minimum atomic E-state index is -0.456. The highest BCUT2D eigenvalue weighted by atomic mass is 32.1. The third-order valence-corrected chi connectivity index (χ3v) is 5.00. The number of hydrogen-bond donors (Lipinski definition) is 1. The summed E-state index contributed by atoms with van der Waals surface area (Å²) in [7, 11) is 0. The summed E-state index contributed by atoms with van der Waals surface area (Å²) in [5.41, 5.74) is 1.13. The van der Waals surface area contributed by atoms with Gasteiger partial charge in [0.25, 0.3) is 5.91 Å². The van der Waals surface area contributed by atoms with Gasteiger partial charge in [0.15, 0.2) is 12.3 Å². The van der Waals surface area contributed by atoms with E-state index < -0.39 is 6.10 Å². The van der Waals surface area contributed by atoms with Crippen molar-refractivity contribution in [3.8, 4) is 5.75 Å². The van der Waals surface area contributed by atoms with Crippen molar-refractivity contribution in [1.29, 1.82) is 0 Å². The van der Waals surface area contributed by atoms with E-state index in [2.05, 4.69) is 9.97 Å². The second-order valence-electron chi connectivity index (χ2n) is 5.97. The quantitative estimate of drug-likeness (QED) is 0.769. The number of aliphatic hydroxyl groups excluding tert-OH is 1. The number of likely N-dealkylation sites (tertiary alicyclic amines) is 1. The number of hydrogen-bond acceptors (Lipinski definition) is 7. The fourth-order valence-corrected chi connectivity index (χ4v) is 3.63. The molecule has 0 unspecified atom stereocenters. The molecule has 7 nitrogen and oxygen atoms in total. The van der Waals surface area contributed by atoms with Crippen LogP contribution in [0.5, 0.6) is 5.75 Å². The molecule has 1 aliphatic rings. The third kappa shape index (κ3) is 3.35. The Morgan fingerprint density at radius 3 is 3.16 bits per heavy atom. The molecule has 0 spiro atoms. The Kier molecular flexibility index (Phi) is 4.14. The highest BCUT2D eigenvalue weighted by Crippen LogP contribution is 2.26. The molecule has 0 saturated carbocycles. The van der Waals surface area contributed by atoms with Crippen LogP contribution in [0.25, 0.3) is 10.2 Å². The first-order valence-electron chi connectivity index (χ1n) is 8.00. The molecule has 8 heteroatoms. The summed E-state index contributed by atoms with van der Waals surface area (Å²) in [6.45, 7) is 2.97. The predicted octanol–water partition coefficient (Wildman–Crippen LogP) is 2.38. The SMILES string of the molecule is Cc1nc2cc(OCc3nc(C(=O)N4CC[C@@H](O)C4)co3)ccc2s1. The lowest BCUT2D eigenvalue weighted by Crippen LogP contribution is -2.29. The number of benzene rings is 1. The summed E-state index contributed by atoms with van der Waals surface area (Å²) in [6, 6.07) is 5.72. The monoisotopic (exact) mass is 359 g/mol. The number of aromatic nitrogens is 2. The van der Waals surface area contributed by atoms with Gasteiger partial charge >= 0.3 is 0 Å². The maximum absolute atomic E-state index is 12.3. The maximum Gasteiger partial charge on any atom is 0.275 e. The van der Waals surface area contributed by atoms with Crippen LogP contribution in [0.2, 0.25) is 0 Å². The van der Waals surface area contributed by atoms with Crippen LogP contribution in [0, 0.1) is 6.92 Å². The van der Waals surface area contributed by atoms with Gasteiger partial charge in [0, 0.05) is 19.2 Å². The number of thiazole rings is 1. The zero-order chi connectivity index (χ0) is 17.4. The molecule has 1 atom stereocenters. The number of amides is 1. The number of nitrogens with zero attached hydrogens (tertiary/aromatic N) is 3. The minimum absolute atomic E-state index is 0.129. The number of rotatable bonds is 4. The molecule has 130 valence electrons. The number of aliphatic hydroxyl groups is 1. The molecule has 25 heavy (non-hydrogen) atoms. The van der Waals surface area contributed by atoms with Crippen LogP contribution in [0.4, 0.5) is 0 Å². The van der Waals surface area contributed by atoms with Crippen molar-refractivity contribution in [3.63, 3.8) is 0 Å². The van der Waals surface area contributed by atoms with E-state index in [1.807, 2.05) is 25.1 Å². The normalized spacial score (nSPS) is 17.4. The molecule has 3 heterocycles. The van der Waals surface area contributed by atoms with Crippen LogP contribution < -0.4 is 4.74 Å². The highest BCUT2D eigenvalue weighted by Gasteiger charge is 2.27. The van der Waals surface area contributed by atoms with Crippen LogP contribution in [0.1, 0.15) is 27.8 Å². The van der Waals surface area contributed by atoms with Gasteiger partial charge in [-0.2, -0.15) is 0 Å². The fourth-order valence-electron chi connectivity index (χ4n) is 2.82. The van der Waals surface area contributed by atoms with Crippen molar-refractivity contribution in [2.24, 2.45) is 0 Å². The minimum Gasteiger partial charge on any atom is -0.484 e. The molecule has 2 aromatic heterocycles. The standard InChI is InChI=1S/C17H17N3O4S/c1-10-18-13-6-12(2-3-15(13)25-10)23-9-16-19-14(8-24-16)17(22)20-5-4-11(21)7-20/h2-3,6,8,11,21H,4-5,7,9H2,1H3/t11-/m1/s1. The summed E-state index contributed by atoms with van der Waals surface area (Å²) in [5, 5.41) is 10.5. The number of aryl methyl sites for hydroxylation is 1. The Balaban J connectivity index is 1.41. The number of carbonyl (C=O) groups excluding carboxylic acids is 1. The van der Waals surface area contributed by atoms with Gasteiger partial charge in [-0.25, -0.2) is 9.97 Å². The molecule has 3 aromatic rings. The van der Waals surface area contributed by atoms with Gasteiger partial charge in [-0.05, 0) is 25.5 Å². The molecular weight excluding hydrogens is 342 g/mol. The van der Waals surface area contributed by atoms with Crippen LogP contribution in [-0.4, -0.2) is 45.1 Å². The van der Waals surface area contributed by atoms with Gasteiger partial charge in [0.05, 0.1) is 21.3 Å². The lowest BCUT2D eigenvalue weighted by Gasteiger charge is -2.12. The molecule has 1 fully saturated rings. The van der Waals surface area contributed by atoms with E-state index in [1.54, 1.807) is 16.2 Å². The van der Waals surface area contributed by atoms with Gasteiger partial charge in [0.1, 0.15) is 12.0 Å². The van der Waals surface area contributed by atoms with Crippen molar-refractivity contribution >= 4 is 27.5 Å². The summed E-state index contributed by atoms with van der Waals surface area (Å²) < 4.78 is 12.1. The second-order valence-corrected chi connectivity index (χ2v) is 7.21. The Morgan fingerprint density at radius 2 is 2.36 bits per heavy atom. The Bertz CT molecular complexity index is 920. The average Bonchev–Trinajstić information content (AvgIpc) is 3.30. The Hall–Kier alpha value is -2.45. The molecule has 1 aliphatic heterocycles. The number of ether oxygens (including phenoxy) is 1. The van der Waals surface area contributed by atoms with E-state index >= 15 is 0 Å². The largest absolute Gasteiger partial charge is 0.484 e. The van der Waals surface area contributed by atoms with E-state index in [9.17, 15) is 9.90 Å². The van der Waals surface area contributed by atoms with Crippen LogP contribution >= 0.6 is 11.3 Å². The number of fused-ring (bicyclic) bond motifs is 1. The Morgan fingerprint density at radius 1 is 1.48 bits per heavy atom. The predicted molar refractivity (Wildman–Crippen MR) is 91.7 cm³/mol. The second kappa shape index (κ2) is 6.45. The van der Waals surface area contributed by atoms with Gasteiger partial charge in [-0.1, -0.05) is 0 Å². The van der Waals surface area contributed by atoms with Crippen molar-refractivity contribution in [2.75, 3.05) is 13.1 Å². The summed E-state index contributed by atoms with van der Waals surface area (Å²) in [4.78, 5) is 22.5. The van der Waals surface area contributed by atoms with Gasteiger partial charge in [-0.15, -0.1) is 11.3 Å². The molecule has 1 aromatic carbocycles. The fraction of sp³-hybridized carbons (Fsp3) is 0.353. The molecule has 0 radical (unpaired) electrons. The Labute approximate surface area is 147 Å². The van der Waals surface area contributed by atoms with E-state index in [0.717, 1.165) is 15.2 Å². The molecule has 4 rings (SSSR count). The molecule has 1 N–H and O–H groups in total. The molecule has 1 saturated heterocycles. The molecule has 1 amide bonds. The van der Waals surface area contributed by atoms with Crippen LogP contribution in [0.3, 0.4) is 0 Å². The number of β-amino-alcohol motifs (C(OH)–C–C–N with tert-alkyl or cyclic N) is 1. The lowest BCUT2D eigenvalue weighted by atomic mass is 10.3. The van der Waals surface area contributed by atoms with Gasteiger partial charge in [0.2, 0.25) is 5.89 Å². The lowest BCUT2D eigenvalue weighted by molar-refractivity contribution is 0.0759. The van der Waals surface area contributed by atoms with E-state index in [4.69, 9.17) is 9.15 Å². The van der Waals surface area contributed by atoms with E-state index in [0.29, 0.717) is 31.2 Å². The van der Waals surface area contributed by atoms with Crippen molar-refractivity contribution in [2.45, 2.75) is 26.1 Å². The average molecular weight is 359 g/mol. The van der Waals surface area contributed by atoms with Gasteiger partial charge in [-0.3, -0.25) is 4.79 Å². The molecular formula is C17H17N3O4S. The maximum atomic E-state index is 12.3. The smallest absolute Gasteiger partial charge is 0.275 e. The first kappa shape index (κ1) is 16.0. The van der Waals surface area contributed by atoms with Crippen molar-refractivity contribution in [3.05, 3.63) is 41.1 Å². The number of carbonyl (C=O) groups is 1. The van der Waals surface area contributed by atoms with Gasteiger partial charge < -0.3 is 19.2 Å². The summed E-state index contributed by atoms with van der Waals surface area (Å²) >= 11 is 1.64. The number of oxazole rings is 1. The third-order valence-electron chi connectivity index (χ3n) is 4.05. The first-order valence-corrected chi connectivity index (χ1v) is 8.82. The zero-order valence-corrected chi connectivity index (χ0v) is 14.5. The highest BCUT2D eigenvalue weighted by molar-refractivity contribution is 7.18. The van der Waals surface area contributed by atoms with E-state index in [-0.39, 0.29) is 18.2 Å². The molecule has 0 bridgehead atoms. The summed E-state index contributed by atoms with van der Waals surface area (Å²) in [5.74, 6) is 0.773. The van der Waals surface area contributed by atoms with Crippen molar-refractivity contribution < 1.29 is 19.1 Å². The first-order chi connectivity index (χ1) is 12.1. The van der Waals surface area contributed by atoms with Crippen LogP contribution in [-0.2, 0) is 6.61 Å². The topological polar surface area (TPSA) is 88.7 Å². The molecule has 0 aliphatic carbocycles. The zero-order valence-electron chi connectivity index (χ0n) is 13.6.